The summed E-state index contributed by atoms with van der Waals surface area (Å²) in [5.41, 5.74) is 3.44. The number of anilines is 1. The van der Waals surface area contributed by atoms with Crippen molar-refractivity contribution in [2.24, 2.45) is 0 Å². The van der Waals surface area contributed by atoms with E-state index < -0.39 is 17.7 Å². The van der Waals surface area contributed by atoms with E-state index in [0.29, 0.717) is 21.6 Å². The van der Waals surface area contributed by atoms with Crippen molar-refractivity contribution < 1.29 is 14.7 Å². The minimum Gasteiger partial charge on any atom is -0.507 e. The zero-order chi connectivity index (χ0) is 22.3. The van der Waals surface area contributed by atoms with Crippen LogP contribution < -0.4 is 4.90 Å². The summed E-state index contributed by atoms with van der Waals surface area (Å²) in [6.07, 6.45) is 0. The second-order valence-electron chi connectivity index (χ2n) is 7.96. The third-order valence-corrected chi connectivity index (χ3v) is 6.25. The van der Waals surface area contributed by atoms with E-state index >= 15 is 0 Å². The third kappa shape index (κ3) is 3.77. The molecule has 1 saturated heterocycles. The first-order valence-corrected chi connectivity index (χ1v) is 10.9. The Labute approximate surface area is 184 Å². The molecule has 1 aromatic heterocycles. The van der Waals surface area contributed by atoms with E-state index in [9.17, 15) is 14.7 Å². The van der Waals surface area contributed by atoms with Crippen LogP contribution in [-0.4, -0.2) is 27.0 Å². The maximum Gasteiger partial charge on any atom is 0.301 e. The summed E-state index contributed by atoms with van der Waals surface area (Å²) < 4.78 is 0. The molecule has 0 bridgehead atoms. The fourth-order valence-electron chi connectivity index (χ4n) is 3.66. The SMILES string of the molecule is Cc1ccc(C(O)=C2C(=O)C(=O)N(c3nnc(C)s3)C2c2ccc(C(C)C)cc2)cc1. The number of aromatic nitrogens is 2. The number of hydrogen-bond donors (Lipinski definition) is 1. The molecular weight excluding hydrogens is 410 g/mol. The van der Waals surface area contributed by atoms with E-state index in [-0.39, 0.29) is 11.3 Å². The van der Waals surface area contributed by atoms with E-state index in [1.165, 1.54) is 16.2 Å². The first-order valence-electron chi connectivity index (χ1n) is 10.1. The Morgan fingerprint density at radius 3 is 2.19 bits per heavy atom. The summed E-state index contributed by atoms with van der Waals surface area (Å²) in [4.78, 5) is 27.5. The van der Waals surface area contributed by atoms with Gasteiger partial charge < -0.3 is 5.11 Å². The van der Waals surface area contributed by atoms with E-state index in [0.717, 1.165) is 16.7 Å². The molecule has 1 aliphatic rings. The Morgan fingerprint density at radius 2 is 1.65 bits per heavy atom. The van der Waals surface area contributed by atoms with Gasteiger partial charge in [0.2, 0.25) is 5.13 Å². The molecule has 158 valence electrons. The fourth-order valence-corrected chi connectivity index (χ4v) is 4.37. The van der Waals surface area contributed by atoms with Crippen molar-refractivity contribution in [1.29, 1.82) is 0 Å². The van der Waals surface area contributed by atoms with Crippen molar-refractivity contribution in [3.63, 3.8) is 0 Å². The lowest BCUT2D eigenvalue weighted by Gasteiger charge is -2.23. The van der Waals surface area contributed by atoms with Crippen LogP contribution in [0.25, 0.3) is 5.76 Å². The van der Waals surface area contributed by atoms with Crippen LogP contribution in [0, 0.1) is 13.8 Å². The summed E-state index contributed by atoms with van der Waals surface area (Å²) in [5.74, 6) is -1.30. The molecule has 0 radical (unpaired) electrons. The number of aliphatic hydroxyl groups excluding tert-OH is 1. The average Bonchev–Trinajstić information content (AvgIpc) is 3.29. The number of rotatable bonds is 4. The highest BCUT2D eigenvalue weighted by Crippen LogP contribution is 2.43. The lowest BCUT2D eigenvalue weighted by Crippen LogP contribution is -2.29. The lowest BCUT2D eigenvalue weighted by molar-refractivity contribution is -0.132. The number of aryl methyl sites for hydroxylation is 2. The number of ketones is 1. The summed E-state index contributed by atoms with van der Waals surface area (Å²) in [7, 11) is 0. The Kier molecular flexibility index (Phi) is 5.45. The van der Waals surface area contributed by atoms with Crippen molar-refractivity contribution in [2.75, 3.05) is 4.90 Å². The molecular formula is C24H23N3O3S. The summed E-state index contributed by atoms with van der Waals surface area (Å²) in [6.45, 7) is 7.93. The fraction of sp³-hybridized carbons (Fsp3) is 0.250. The predicted molar refractivity (Wildman–Crippen MR) is 121 cm³/mol. The zero-order valence-electron chi connectivity index (χ0n) is 17.8. The monoisotopic (exact) mass is 433 g/mol. The number of Topliss-reactive ketones (excluding diaryl/α,β-unsaturated/α-hetero) is 1. The van der Waals surface area contributed by atoms with Gasteiger partial charge >= 0.3 is 5.91 Å². The molecule has 4 rings (SSSR count). The van der Waals surface area contributed by atoms with Gasteiger partial charge in [-0.05, 0) is 30.9 Å². The number of carbonyl (C=O) groups is 2. The van der Waals surface area contributed by atoms with Crippen LogP contribution in [0.2, 0.25) is 0 Å². The third-order valence-electron chi connectivity index (χ3n) is 5.41. The molecule has 2 aromatic carbocycles. The van der Waals surface area contributed by atoms with Gasteiger partial charge in [0, 0.05) is 5.56 Å². The topological polar surface area (TPSA) is 83.4 Å². The smallest absolute Gasteiger partial charge is 0.301 e. The molecule has 1 amide bonds. The number of nitrogens with zero attached hydrogens (tertiary/aromatic N) is 3. The Balaban J connectivity index is 1.91. The largest absolute Gasteiger partial charge is 0.507 e. The van der Waals surface area contributed by atoms with E-state index in [1.807, 2.05) is 43.3 Å². The molecule has 1 atom stereocenters. The highest BCUT2D eigenvalue weighted by molar-refractivity contribution is 7.15. The molecule has 1 N–H and O–H groups in total. The highest BCUT2D eigenvalue weighted by atomic mass is 32.1. The normalized spacial score (nSPS) is 18.2. The van der Waals surface area contributed by atoms with E-state index in [4.69, 9.17) is 0 Å². The van der Waals surface area contributed by atoms with Gasteiger partial charge in [0.25, 0.3) is 5.78 Å². The minimum atomic E-state index is -0.783. The van der Waals surface area contributed by atoms with Crippen LogP contribution in [0.15, 0.2) is 54.1 Å². The van der Waals surface area contributed by atoms with Crippen molar-refractivity contribution in [3.8, 4) is 0 Å². The van der Waals surface area contributed by atoms with E-state index in [2.05, 4.69) is 24.0 Å². The Bertz CT molecular complexity index is 1180. The van der Waals surface area contributed by atoms with Crippen LogP contribution in [0.1, 0.15) is 53.1 Å². The molecule has 2 heterocycles. The van der Waals surface area contributed by atoms with Gasteiger partial charge in [0.05, 0.1) is 11.6 Å². The number of amides is 1. The number of carbonyl (C=O) groups excluding carboxylic acids is 2. The van der Waals surface area contributed by atoms with Crippen LogP contribution in [0.3, 0.4) is 0 Å². The van der Waals surface area contributed by atoms with Gasteiger partial charge in [0.1, 0.15) is 10.8 Å². The molecule has 31 heavy (non-hydrogen) atoms. The average molecular weight is 434 g/mol. The first-order chi connectivity index (χ1) is 14.8. The molecule has 7 heteroatoms. The quantitative estimate of drug-likeness (QED) is 0.359. The van der Waals surface area contributed by atoms with Gasteiger partial charge in [-0.1, -0.05) is 79.3 Å². The maximum atomic E-state index is 13.1. The predicted octanol–water partition coefficient (Wildman–Crippen LogP) is 4.90. The number of benzene rings is 2. The van der Waals surface area contributed by atoms with Crippen molar-refractivity contribution >= 4 is 33.9 Å². The first kappa shape index (κ1) is 20.9. The number of hydrogen-bond acceptors (Lipinski definition) is 6. The molecule has 0 saturated carbocycles. The number of aliphatic hydroxyl groups is 1. The molecule has 1 fully saturated rings. The minimum absolute atomic E-state index is 0.0546. The van der Waals surface area contributed by atoms with Crippen LogP contribution in [0.5, 0.6) is 0 Å². The molecule has 1 aliphatic heterocycles. The zero-order valence-corrected chi connectivity index (χ0v) is 18.6. The standard InChI is InChI=1S/C24H23N3O3S/c1-13(2)16-9-11-17(12-10-16)20-19(21(28)18-7-5-14(3)6-8-18)22(29)23(30)27(20)24-26-25-15(4)31-24/h5-13,20,28H,1-4H3. The Morgan fingerprint density at radius 1 is 1.00 bits per heavy atom. The summed E-state index contributed by atoms with van der Waals surface area (Å²) in [5, 5.41) is 20.2. The van der Waals surface area contributed by atoms with Gasteiger partial charge in [-0.3, -0.25) is 14.5 Å². The highest BCUT2D eigenvalue weighted by Gasteiger charge is 2.48. The van der Waals surface area contributed by atoms with Crippen molar-refractivity contribution in [3.05, 3.63) is 81.4 Å². The van der Waals surface area contributed by atoms with Crippen LogP contribution in [0.4, 0.5) is 5.13 Å². The van der Waals surface area contributed by atoms with Gasteiger partial charge in [-0.15, -0.1) is 10.2 Å². The van der Waals surface area contributed by atoms with E-state index in [1.54, 1.807) is 19.1 Å². The van der Waals surface area contributed by atoms with Gasteiger partial charge in [-0.25, -0.2) is 0 Å². The van der Waals surface area contributed by atoms with Crippen molar-refractivity contribution in [1.82, 2.24) is 10.2 Å². The molecule has 0 aliphatic carbocycles. The molecule has 3 aromatic rings. The molecule has 6 nitrogen and oxygen atoms in total. The van der Waals surface area contributed by atoms with Gasteiger partial charge in [-0.2, -0.15) is 0 Å². The van der Waals surface area contributed by atoms with Crippen molar-refractivity contribution in [2.45, 2.75) is 39.7 Å². The maximum absolute atomic E-state index is 13.1. The summed E-state index contributed by atoms with van der Waals surface area (Å²) in [6, 6.07) is 14.2. The second kappa shape index (κ2) is 8.07. The molecule has 0 spiro atoms. The van der Waals surface area contributed by atoms with Crippen LogP contribution in [-0.2, 0) is 9.59 Å². The second-order valence-corrected chi connectivity index (χ2v) is 9.12. The molecule has 1 unspecified atom stereocenters. The lowest BCUT2D eigenvalue weighted by atomic mass is 9.93. The van der Waals surface area contributed by atoms with Gasteiger partial charge in [0.15, 0.2) is 0 Å². The summed E-state index contributed by atoms with van der Waals surface area (Å²) >= 11 is 1.24. The van der Waals surface area contributed by atoms with Crippen LogP contribution >= 0.6 is 11.3 Å². The Hall–Kier alpha value is -3.32.